The van der Waals surface area contributed by atoms with E-state index in [2.05, 4.69) is 25.9 Å². The SMILES string of the molecule is CCONC(=O)Nc1cn(C)nn1. The summed E-state index contributed by atoms with van der Waals surface area (Å²) in [5.41, 5.74) is 2.16. The van der Waals surface area contributed by atoms with E-state index in [-0.39, 0.29) is 0 Å². The molecule has 0 aromatic carbocycles. The second-order valence-electron chi connectivity index (χ2n) is 2.27. The average molecular weight is 185 g/mol. The number of anilines is 1. The molecular formula is C6H11N5O2. The van der Waals surface area contributed by atoms with Gasteiger partial charge in [-0.2, -0.15) is 0 Å². The monoisotopic (exact) mass is 185 g/mol. The number of aromatic nitrogens is 3. The van der Waals surface area contributed by atoms with Crippen LogP contribution in [-0.4, -0.2) is 27.6 Å². The topological polar surface area (TPSA) is 81.1 Å². The molecule has 72 valence electrons. The van der Waals surface area contributed by atoms with Gasteiger partial charge in [0, 0.05) is 7.05 Å². The van der Waals surface area contributed by atoms with Crippen LogP contribution in [0.25, 0.3) is 0 Å². The van der Waals surface area contributed by atoms with Crippen LogP contribution in [0.4, 0.5) is 10.6 Å². The summed E-state index contributed by atoms with van der Waals surface area (Å²) in [5, 5.41) is 9.71. The maximum Gasteiger partial charge on any atom is 0.344 e. The standard InChI is InChI=1S/C6H11N5O2/c1-3-13-9-6(12)7-5-4-11(2)10-8-5/h4H,3H2,1-2H3,(H2,7,9,12). The lowest BCUT2D eigenvalue weighted by molar-refractivity contribution is 0.0758. The van der Waals surface area contributed by atoms with Gasteiger partial charge >= 0.3 is 6.03 Å². The van der Waals surface area contributed by atoms with Crippen LogP contribution in [0.2, 0.25) is 0 Å². The van der Waals surface area contributed by atoms with Crippen LogP contribution in [-0.2, 0) is 11.9 Å². The molecule has 2 amide bonds. The molecule has 1 aromatic heterocycles. The second kappa shape index (κ2) is 4.41. The molecule has 0 atom stereocenters. The van der Waals surface area contributed by atoms with E-state index in [1.54, 1.807) is 20.2 Å². The summed E-state index contributed by atoms with van der Waals surface area (Å²) in [6, 6.07) is -0.470. The van der Waals surface area contributed by atoms with Gasteiger partial charge in [-0.1, -0.05) is 5.21 Å². The lowest BCUT2D eigenvalue weighted by atomic mass is 10.7. The molecule has 0 unspecified atom stereocenters. The molecule has 0 bridgehead atoms. The predicted octanol–water partition coefficient (Wildman–Crippen LogP) is -0.112. The fraction of sp³-hybridized carbons (Fsp3) is 0.500. The molecule has 1 aromatic rings. The van der Waals surface area contributed by atoms with Crippen LogP contribution in [0.15, 0.2) is 6.20 Å². The van der Waals surface area contributed by atoms with E-state index < -0.39 is 6.03 Å². The van der Waals surface area contributed by atoms with Crippen molar-refractivity contribution in [1.82, 2.24) is 20.5 Å². The molecule has 13 heavy (non-hydrogen) atoms. The zero-order chi connectivity index (χ0) is 9.68. The molecule has 1 rings (SSSR count). The maximum absolute atomic E-state index is 11.0. The van der Waals surface area contributed by atoms with Crippen LogP contribution in [0.3, 0.4) is 0 Å². The third kappa shape index (κ3) is 3.08. The van der Waals surface area contributed by atoms with Gasteiger partial charge in [0.25, 0.3) is 0 Å². The van der Waals surface area contributed by atoms with E-state index in [0.717, 1.165) is 0 Å². The molecule has 7 heteroatoms. The molecule has 0 aliphatic heterocycles. The van der Waals surface area contributed by atoms with Gasteiger partial charge in [0.1, 0.15) is 0 Å². The molecule has 0 saturated heterocycles. The van der Waals surface area contributed by atoms with Crippen molar-refractivity contribution in [3.8, 4) is 0 Å². The second-order valence-corrected chi connectivity index (χ2v) is 2.27. The smallest absolute Gasteiger partial charge is 0.288 e. The highest BCUT2D eigenvalue weighted by Crippen LogP contribution is 1.96. The van der Waals surface area contributed by atoms with Gasteiger partial charge in [-0.25, -0.2) is 10.3 Å². The number of hydrogen-bond acceptors (Lipinski definition) is 4. The van der Waals surface area contributed by atoms with Crippen LogP contribution in [0.5, 0.6) is 0 Å². The Labute approximate surface area is 75.0 Å². The van der Waals surface area contributed by atoms with Gasteiger partial charge in [0.15, 0.2) is 5.82 Å². The number of amides is 2. The number of hydroxylamine groups is 1. The van der Waals surface area contributed by atoms with Crippen molar-refractivity contribution in [1.29, 1.82) is 0 Å². The molecular weight excluding hydrogens is 174 g/mol. The minimum Gasteiger partial charge on any atom is -0.288 e. The quantitative estimate of drug-likeness (QED) is 0.644. The minimum absolute atomic E-state index is 0.375. The third-order valence-corrected chi connectivity index (χ3v) is 1.15. The number of rotatable bonds is 3. The van der Waals surface area contributed by atoms with E-state index in [1.807, 2.05) is 0 Å². The number of hydrogen-bond donors (Lipinski definition) is 2. The van der Waals surface area contributed by atoms with Gasteiger partial charge in [0.2, 0.25) is 0 Å². The van der Waals surface area contributed by atoms with Crippen molar-refractivity contribution in [2.24, 2.45) is 7.05 Å². The Morgan fingerprint density at radius 3 is 3.08 bits per heavy atom. The van der Waals surface area contributed by atoms with Crippen molar-refractivity contribution in [3.63, 3.8) is 0 Å². The van der Waals surface area contributed by atoms with Gasteiger partial charge in [0.05, 0.1) is 12.8 Å². The van der Waals surface area contributed by atoms with Crippen LogP contribution in [0, 0.1) is 0 Å². The highest BCUT2D eigenvalue weighted by molar-refractivity contribution is 5.87. The van der Waals surface area contributed by atoms with E-state index in [0.29, 0.717) is 12.4 Å². The Morgan fingerprint density at radius 2 is 2.54 bits per heavy atom. The zero-order valence-electron chi connectivity index (χ0n) is 7.44. The summed E-state index contributed by atoms with van der Waals surface area (Å²) in [6.45, 7) is 2.18. The van der Waals surface area contributed by atoms with E-state index in [1.165, 1.54) is 4.68 Å². The highest BCUT2D eigenvalue weighted by Gasteiger charge is 2.02. The zero-order valence-corrected chi connectivity index (χ0v) is 7.44. The van der Waals surface area contributed by atoms with Gasteiger partial charge in [-0.05, 0) is 6.92 Å². The molecule has 0 aliphatic carbocycles. The van der Waals surface area contributed by atoms with Gasteiger partial charge in [-0.3, -0.25) is 14.8 Å². The molecule has 0 spiro atoms. The van der Waals surface area contributed by atoms with Crippen molar-refractivity contribution >= 4 is 11.8 Å². The molecule has 0 saturated carbocycles. The number of nitrogens with zero attached hydrogens (tertiary/aromatic N) is 3. The third-order valence-electron chi connectivity index (χ3n) is 1.15. The summed E-state index contributed by atoms with van der Waals surface area (Å²) >= 11 is 0. The lowest BCUT2D eigenvalue weighted by Gasteiger charge is -2.02. The Morgan fingerprint density at radius 1 is 1.77 bits per heavy atom. The lowest BCUT2D eigenvalue weighted by Crippen LogP contribution is -2.28. The highest BCUT2D eigenvalue weighted by atomic mass is 16.7. The summed E-state index contributed by atoms with van der Waals surface area (Å²) in [7, 11) is 1.71. The first-order chi connectivity index (χ1) is 6.22. The predicted molar refractivity (Wildman–Crippen MR) is 44.8 cm³/mol. The van der Waals surface area contributed by atoms with Gasteiger partial charge in [-0.15, -0.1) is 5.10 Å². The maximum atomic E-state index is 11.0. The molecule has 0 radical (unpaired) electrons. The Kier molecular flexibility index (Phi) is 3.21. The van der Waals surface area contributed by atoms with Crippen molar-refractivity contribution in [2.45, 2.75) is 6.92 Å². The fourth-order valence-electron chi connectivity index (χ4n) is 0.684. The number of urea groups is 1. The number of carbonyl (C=O) groups excluding carboxylic acids is 1. The van der Waals surface area contributed by atoms with Crippen molar-refractivity contribution < 1.29 is 9.63 Å². The molecule has 0 fully saturated rings. The Bertz CT molecular complexity index is 284. The first-order valence-corrected chi connectivity index (χ1v) is 3.77. The van der Waals surface area contributed by atoms with E-state index >= 15 is 0 Å². The molecule has 2 N–H and O–H groups in total. The summed E-state index contributed by atoms with van der Waals surface area (Å²) < 4.78 is 1.48. The summed E-state index contributed by atoms with van der Waals surface area (Å²) in [5.74, 6) is 0.375. The number of carbonyl (C=O) groups is 1. The fourth-order valence-corrected chi connectivity index (χ4v) is 0.684. The van der Waals surface area contributed by atoms with E-state index in [9.17, 15) is 4.79 Å². The van der Waals surface area contributed by atoms with Gasteiger partial charge < -0.3 is 0 Å². The normalized spacial score (nSPS) is 9.69. The first-order valence-electron chi connectivity index (χ1n) is 3.77. The molecule has 1 heterocycles. The van der Waals surface area contributed by atoms with E-state index in [4.69, 9.17) is 0 Å². The van der Waals surface area contributed by atoms with Crippen LogP contribution < -0.4 is 10.8 Å². The van der Waals surface area contributed by atoms with Crippen LogP contribution >= 0.6 is 0 Å². The average Bonchev–Trinajstić information content (AvgIpc) is 2.48. The first kappa shape index (κ1) is 9.46. The summed E-state index contributed by atoms with van der Waals surface area (Å²) in [6.07, 6.45) is 1.57. The Hall–Kier alpha value is -1.63. The molecule has 7 nitrogen and oxygen atoms in total. The largest absolute Gasteiger partial charge is 0.344 e. The summed E-state index contributed by atoms with van der Waals surface area (Å²) in [4.78, 5) is 15.6. The van der Waals surface area contributed by atoms with Crippen LogP contribution in [0.1, 0.15) is 6.92 Å². The van der Waals surface area contributed by atoms with Crippen molar-refractivity contribution in [2.75, 3.05) is 11.9 Å². The number of nitrogens with one attached hydrogen (secondary N) is 2. The number of aryl methyl sites for hydroxylation is 1. The minimum atomic E-state index is -0.470. The van der Waals surface area contributed by atoms with Crippen molar-refractivity contribution in [3.05, 3.63) is 6.20 Å². The Balaban J connectivity index is 2.36. The molecule has 0 aliphatic rings.